The molecule has 1 heterocycles. The predicted molar refractivity (Wildman–Crippen MR) is 116 cm³/mol. The Labute approximate surface area is 175 Å². The number of hydrogen-bond acceptors (Lipinski definition) is 4. The third kappa shape index (κ3) is 6.47. The average molecular weight is 406 g/mol. The SMILES string of the molecule is CC(C)NC(=O)Cc1ccc(NC(=O)c2ccc(Sc3ccccn3)cc2)cc1. The lowest BCUT2D eigenvalue weighted by Crippen LogP contribution is -2.31. The molecule has 2 amide bonds. The van der Waals surface area contributed by atoms with Crippen LogP contribution in [0.2, 0.25) is 0 Å². The Morgan fingerprint density at radius 1 is 0.966 bits per heavy atom. The van der Waals surface area contributed by atoms with Gasteiger partial charge in [0.1, 0.15) is 5.03 Å². The number of anilines is 1. The molecule has 6 heteroatoms. The molecule has 5 nitrogen and oxygen atoms in total. The zero-order valence-electron chi connectivity index (χ0n) is 16.4. The highest BCUT2D eigenvalue weighted by atomic mass is 32.2. The summed E-state index contributed by atoms with van der Waals surface area (Å²) < 4.78 is 0. The lowest BCUT2D eigenvalue weighted by molar-refractivity contribution is -0.120. The minimum atomic E-state index is -0.176. The van der Waals surface area contributed by atoms with Crippen LogP contribution < -0.4 is 10.6 Å². The zero-order chi connectivity index (χ0) is 20.6. The van der Waals surface area contributed by atoms with Gasteiger partial charge in [0.25, 0.3) is 5.91 Å². The molecule has 0 bridgehead atoms. The van der Waals surface area contributed by atoms with Gasteiger partial charge in [-0.25, -0.2) is 4.98 Å². The number of aromatic nitrogens is 1. The number of nitrogens with one attached hydrogen (secondary N) is 2. The molecule has 0 aliphatic rings. The lowest BCUT2D eigenvalue weighted by Gasteiger charge is -2.09. The van der Waals surface area contributed by atoms with Gasteiger partial charge in [-0.2, -0.15) is 0 Å². The third-order valence-electron chi connectivity index (χ3n) is 4.00. The normalized spacial score (nSPS) is 10.6. The van der Waals surface area contributed by atoms with E-state index in [0.717, 1.165) is 15.5 Å². The molecule has 0 fully saturated rings. The highest BCUT2D eigenvalue weighted by Gasteiger charge is 2.08. The van der Waals surface area contributed by atoms with Crippen molar-refractivity contribution >= 4 is 29.3 Å². The van der Waals surface area contributed by atoms with Crippen molar-refractivity contribution in [3.63, 3.8) is 0 Å². The van der Waals surface area contributed by atoms with Crippen molar-refractivity contribution in [2.75, 3.05) is 5.32 Å². The van der Waals surface area contributed by atoms with E-state index in [1.54, 1.807) is 42.2 Å². The first-order valence-corrected chi connectivity index (χ1v) is 10.2. The van der Waals surface area contributed by atoms with Crippen molar-refractivity contribution in [3.05, 3.63) is 84.1 Å². The Kier molecular flexibility index (Phi) is 7.03. The molecule has 3 aromatic rings. The van der Waals surface area contributed by atoms with E-state index in [-0.39, 0.29) is 17.9 Å². The van der Waals surface area contributed by atoms with Gasteiger partial charge < -0.3 is 10.6 Å². The van der Waals surface area contributed by atoms with Crippen LogP contribution in [0.25, 0.3) is 0 Å². The first-order valence-electron chi connectivity index (χ1n) is 9.38. The molecule has 2 aromatic carbocycles. The summed E-state index contributed by atoms with van der Waals surface area (Å²) >= 11 is 1.55. The van der Waals surface area contributed by atoms with Gasteiger partial charge in [0.05, 0.1) is 6.42 Å². The molecule has 0 saturated carbocycles. The number of benzene rings is 2. The molecule has 148 valence electrons. The fraction of sp³-hybridized carbons (Fsp3) is 0.174. The molecule has 29 heavy (non-hydrogen) atoms. The highest BCUT2D eigenvalue weighted by Crippen LogP contribution is 2.25. The van der Waals surface area contributed by atoms with E-state index in [1.165, 1.54) is 0 Å². The van der Waals surface area contributed by atoms with Crippen LogP contribution in [-0.4, -0.2) is 22.8 Å². The third-order valence-corrected chi connectivity index (χ3v) is 4.96. The molecular formula is C23H23N3O2S. The number of hydrogen-bond donors (Lipinski definition) is 2. The van der Waals surface area contributed by atoms with Crippen molar-refractivity contribution in [2.45, 2.75) is 36.2 Å². The largest absolute Gasteiger partial charge is 0.354 e. The zero-order valence-corrected chi connectivity index (χ0v) is 17.2. The van der Waals surface area contributed by atoms with E-state index >= 15 is 0 Å². The van der Waals surface area contributed by atoms with Gasteiger partial charge in [-0.1, -0.05) is 30.0 Å². The first kappa shape index (κ1) is 20.6. The maximum Gasteiger partial charge on any atom is 0.255 e. The minimum Gasteiger partial charge on any atom is -0.354 e. The molecule has 0 atom stereocenters. The topological polar surface area (TPSA) is 71.1 Å². The molecular weight excluding hydrogens is 382 g/mol. The number of pyridine rings is 1. The smallest absolute Gasteiger partial charge is 0.255 e. The van der Waals surface area contributed by atoms with Gasteiger partial charge in [0.15, 0.2) is 0 Å². The fourth-order valence-electron chi connectivity index (χ4n) is 2.67. The molecule has 0 aliphatic heterocycles. The highest BCUT2D eigenvalue weighted by molar-refractivity contribution is 7.99. The summed E-state index contributed by atoms with van der Waals surface area (Å²) in [5.74, 6) is -0.190. The number of rotatable bonds is 7. The summed E-state index contributed by atoms with van der Waals surface area (Å²) in [4.78, 5) is 29.6. The summed E-state index contributed by atoms with van der Waals surface area (Å²) in [6, 6.07) is 20.6. The molecule has 3 rings (SSSR count). The second-order valence-electron chi connectivity index (χ2n) is 6.84. The maximum absolute atomic E-state index is 12.5. The van der Waals surface area contributed by atoms with Gasteiger partial charge in [-0.15, -0.1) is 0 Å². The van der Waals surface area contributed by atoms with Crippen LogP contribution in [0.4, 0.5) is 5.69 Å². The summed E-state index contributed by atoms with van der Waals surface area (Å²) in [5.41, 5.74) is 2.17. The van der Waals surface area contributed by atoms with Crippen LogP contribution in [-0.2, 0) is 11.2 Å². The van der Waals surface area contributed by atoms with Crippen molar-refractivity contribution in [3.8, 4) is 0 Å². The van der Waals surface area contributed by atoms with E-state index < -0.39 is 0 Å². The lowest BCUT2D eigenvalue weighted by atomic mass is 10.1. The molecule has 0 aliphatic carbocycles. The molecule has 1 aromatic heterocycles. The second kappa shape index (κ2) is 9.89. The van der Waals surface area contributed by atoms with Crippen LogP contribution in [0.1, 0.15) is 29.8 Å². The van der Waals surface area contributed by atoms with Gasteiger partial charge in [0.2, 0.25) is 5.91 Å². The van der Waals surface area contributed by atoms with Crippen molar-refractivity contribution in [1.29, 1.82) is 0 Å². The van der Waals surface area contributed by atoms with E-state index in [9.17, 15) is 9.59 Å². The molecule has 0 unspecified atom stereocenters. The summed E-state index contributed by atoms with van der Waals surface area (Å²) in [6.45, 7) is 3.86. The van der Waals surface area contributed by atoms with Crippen molar-refractivity contribution in [2.24, 2.45) is 0 Å². The van der Waals surface area contributed by atoms with Crippen LogP contribution in [0.3, 0.4) is 0 Å². The molecule has 0 radical (unpaired) electrons. The standard InChI is InChI=1S/C23H23N3O2S/c1-16(2)25-21(27)15-17-6-10-19(11-7-17)26-23(28)18-8-12-20(13-9-18)29-22-5-3-4-14-24-22/h3-14,16H,15H2,1-2H3,(H,25,27)(H,26,28). The Bertz CT molecular complexity index is 956. The Balaban J connectivity index is 1.56. The quantitative estimate of drug-likeness (QED) is 0.605. The van der Waals surface area contributed by atoms with Gasteiger partial charge in [-0.3, -0.25) is 9.59 Å². The maximum atomic E-state index is 12.5. The average Bonchev–Trinajstić information content (AvgIpc) is 2.70. The van der Waals surface area contributed by atoms with Crippen LogP contribution >= 0.6 is 11.8 Å². The fourth-order valence-corrected chi connectivity index (χ4v) is 3.44. The Hall–Kier alpha value is -3.12. The Morgan fingerprint density at radius 2 is 1.69 bits per heavy atom. The Morgan fingerprint density at radius 3 is 2.31 bits per heavy atom. The molecule has 2 N–H and O–H groups in total. The van der Waals surface area contributed by atoms with Crippen LogP contribution in [0.15, 0.2) is 82.8 Å². The van der Waals surface area contributed by atoms with E-state index in [1.807, 2.05) is 56.3 Å². The summed E-state index contributed by atoms with van der Waals surface area (Å²) in [6.07, 6.45) is 2.08. The predicted octanol–water partition coefficient (Wildman–Crippen LogP) is 4.55. The molecule has 0 spiro atoms. The summed E-state index contributed by atoms with van der Waals surface area (Å²) in [5, 5.41) is 6.66. The minimum absolute atomic E-state index is 0.0135. The van der Waals surface area contributed by atoms with Crippen molar-refractivity contribution in [1.82, 2.24) is 10.3 Å². The monoisotopic (exact) mass is 405 g/mol. The van der Waals surface area contributed by atoms with Gasteiger partial charge in [-0.05, 0) is 67.9 Å². The van der Waals surface area contributed by atoms with E-state index in [4.69, 9.17) is 0 Å². The van der Waals surface area contributed by atoms with E-state index in [0.29, 0.717) is 17.7 Å². The van der Waals surface area contributed by atoms with Crippen LogP contribution in [0.5, 0.6) is 0 Å². The van der Waals surface area contributed by atoms with Crippen LogP contribution in [0, 0.1) is 0 Å². The number of carbonyl (C=O) groups is 2. The number of carbonyl (C=O) groups excluding carboxylic acids is 2. The summed E-state index contributed by atoms with van der Waals surface area (Å²) in [7, 11) is 0. The van der Waals surface area contributed by atoms with Gasteiger partial charge in [0, 0.05) is 28.4 Å². The van der Waals surface area contributed by atoms with Crippen molar-refractivity contribution < 1.29 is 9.59 Å². The molecule has 0 saturated heterocycles. The van der Waals surface area contributed by atoms with Gasteiger partial charge >= 0.3 is 0 Å². The number of amides is 2. The van der Waals surface area contributed by atoms with E-state index in [2.05, 4.69) is 15.6 Å². The second-order valence-corrected chi connectivity index (χ2v) is 7.94. The number of nitrogens with zero attached hydrogens (tertiary/aromatic N) is 1. The first-order chi connectivity index (χ1) is 14.0.